The van der Waals surface area contributed by atoms with Gasteiger partial charge in [-0.3, -0.25) is 4.79 Å². The lowest BCUT2D eigenvalue weighted by molar-refractivity contribution is -0.120. The van der Waals surface area contributed by atoms with E-state index in [0.717, 1.165) is 36.9 Å². The summed E-state index contributed by atoms with van der Waals surface area (Å²) in [5.41, 5.74) is 3.46. The third kappa shape index (κ3) is 5.40. The normalized spacial score (nSPS) is 12.8. The van der Waals surface area contributed by atoms with Crippen molar-refractivity contribution in [3.05, 3.63) is 35.2 Å². The number of thiazole rings is 1. The van der Waals surface area contributed by atoms with Gasteiger partial charge in [0.2, 0.25) is 5.91 Å². The highest BCUT2D eigenvalue weighted by molar-refractivity contribution is 7.14. The van der Waals surface area contributed by atoms with E-state index in [2.05, 4.69) is 69.2 Å². The van der Waals surface area contributed by atoms with E-state index in [1.165, 1.54) is 16.9 Å². The Kier molecular flexibility index (Phi) is 6.77. The van der Waals surface area contributed by atoms with Gasteiger partial charge in [0.15, 0.2) is 5.13 Å². The Morgan fingerprint density at radius 3 is 2.44 bits per heavy atom. The number of hydrogen-bond acceptors (Lipinski definition) is 3. The monoisotopic (exact) mass is 358 g/mol. The van der Waals surface area contributed by atoms with E-state index in [9.17, 15) is 4.79 Å². The molecular formula is C21H30N2OS. The molecule has 0 radical (unpaired) electrons. The first-order valence-corrected chi connectivity index (χ1v) is 10.1. The van der Waals surface area contributed by atoms with E-state index < -0.39 is 0 Å². The van der Waals surface area contributed by atoms with Crippen LogP contribution in [0.15, 0.2) is 29.6 Å². The Morgan fingerprint density at radius 2 is 1.88 bits per heavy atom. The first-order chi connectivity index (χ1) is 11.8. The Bertz CT molecular complexity index is 683. The molecule has 4 heteroatoms. The largest absolute Gasteiger partial charge is 0.302 e. The highest BCUT2D eigenvalue weighted by Crippen LogP contribution is 2.28. The number of aromatic nitrogens is 1. The fourth-order valence-corrected chi connectivity index (χ4v) is 3.51. The van der Waals surface area contributed by atoms with Gasteiger partial charge in [0.1, 0.15) is 0 Å². The van der Waals surface area contributed by atoms with Crippen molar-refractivity contribution in [3.63, 3.8) is 0 Å². The number of anilines is 1. The van der Waals surface area contributed by atoms with Crippen LogP contribution in [0.25, 0.3) is 11.3 Å². The molecule has 0 bridgehead atoms. The second-order valence-corrected chi connectivity index (χ2v) is 8.46. The second-order valence-electron chi connectivity index (χ2n) is 7.60. The molecule has 0 saturated heterocycles. The van der Waals surface area contributed by atoms with Gasteiger partial charge in [0.05, 0.1) is 5.69 Å². The number of hydrogen-bond donors (Lipinski definition) is 1. The molecule has 2 aromatic rings. The summed E-state index contributed by atoms with van der Waals surface area (Å²) in [6, 6.07) is 8.53. The molecule has 0 aliphatic heterocycles. The highest BCUT2D eigenvalue weighted by Gasteiger charge is 2.18. The van der Waals surface area contributed by atoms with Crippen LogP contribution in [-0.4, -0.2) is 10.9 Å². The zero-order chi connectivity index (χ0) is 18.4. The molecule has 0 saturated carbocycles. The molecule has 1 N–H and O–H groups in total. The summed E-state index contributed by atoms with van der Waals surface area (Å²) in [5.74, 6) is 0.179. The first-order valence-electron chi connectivity index (χ1n) is 9.22. The Morgan fingerprint density at radius 1 is 1.20 bits per heavy atom. The van der Waals surface area contributed by atoms with Gasteiger partial charge in [0, 0.05) is 16.9 Å². The molecule has 1 heterocycles. The minimum absolute atomic E-state index is 0.0818. The van der Waals surface area contributed by atoms with Gasteiger partial charge in [-0.05, 0) is 23.8 Å². The lowest BCUT2D eigenvalue weighted by Crippen LogP contribution is -2.22. The molecule has 25 heavy (non-hydrogen) atoms. The van der Waals surface area contributed by atoms with Crippen LogP contribution in [0, 0.1) is 5.92 Å². The van der Waals surface area contributed by atoms with Crippen LogP contribution in [0.5, 0.6) is 0 Å². The van der Waals surface area contributed by atoms with Gasteiger partial charge in [-0.25, -0.2) is 4.98 Å². The molecule has 1 amide bonds. The minimum atomic E-state index is 0.0818. The molecule has 0 aliphatic rings. The second kappa shape index (κ2) is 8.61. The van der Waals surface area contributed by atoms with E-state index in [4.69, 9.17) is 0 Å². The first kappa shape index (κ1) is 19.6. The number of benzene rings is 1. The van der Waals surface area contributed by atoms with Crippen molar-refractivity contribution in [2.45, 2.75) is 65.7 Å². The van der Waals surface area contributed by atoms with Gasteiger partial charge < -0.3 is 5.32 Å². The molecule has 1 aromatic heterocycles. The van der Waals surface area contributed by atoms with Gasteiger partial charge >= 0.3 is 0 Å². The average molecular weight is 359 g/mol. The zero-order valence-electron chi connectivity index (χ0n) is 16.1. The van der Waals surface area contributed by atoms with Gasteiger partial charge in [0.25, 0.3) is 0 Å². The molecule has 1 aromatic carbocycles. The number of nitrogens with zero attached hydrogens (tertiary/aromatic N) is 1. The highest BCUT2D eigenvalue weighted by atomic mass is 32.1. The molecule has 1 atom stereocenters. The maximum Gasteiger partial charge on any atom is 0.229 e. The van der Waals surface area contributed by atoms with Crippen molar-refractivity contribution in [3.8, 4) is 11.3 Å². The van der Waals surface area contributed by atoms with Crippen molar-refractivity contribution >= 4 is 22.4 Å². The summed E-state index contributed by atoms with van der Waals surface area (Å²) < 4.78 is 0. The number of carbonyl (C=O) groups excluding carboxylic acids is 1. The number of rotatable bonds is 7. The van der Waals surface area contributed by atoms with Crippen LogP contribution in [0.4, 0.5) is 5.13 Å². The summed E-state index contributed by atoms with van der Waals surface area (Å²) in [4.78, 5) is 17.0. The predicted molar refractivity (Wildman–Crippen MR) is 108 cm³/mol. The van der Waals surface area contributed by atoms with Gasteiger partial charge in [-0.1, -0.05) is 71.7 Å². The van der Waals surface area contributed by atoms with Crippen molar-refractivity contribution in [2.24, 2.45) is 5.92 Å². The molecule has 0 aliphatic carbocycles. The van der Waals surface area contributed by atoms with Crippen LogP contribution in [0.1, 0.15) is 65.9 Å². The average Bonchev–Trinajstić information content (AvgIpc) is 3.03. The van der Waals surface area contributed by atoms with Crippen molar-refractivity contribution in [2.75, 3.05) is 5.32 Å². The number of unbranched alkanes of at least 4 members (excludes halogenated alkanes) is 1. The number of carbonyl (C=O) groups is 1. The SMILES string of the molecule is CCCCC(CC)C(=O)Nc1nc(-c2ccc(C(C)(C)C)cc2)cs1. The van der Waals surface area contributed by atoms with Crippen LogP contribution in [-0.2, 0) is 10.2 Å². The predicted octanol–water partition coefficient (Wildman–Crippen LogP) is 6.26. The minimum Gasteiger partial charge on any atom is -0.302 e. The van der Waals surface area contributed by atoms with Crippen molar-refractivity contribution in [1.29, 1.82) is 0 Å². The van der Waals surface area contributed by atoms with Crippen molar-refractivity contribution < 1.29 is 4.79 Å². The summed E-state index contributed by atoms with van der Waals surface area (Å²) in [7, 11) is 0. The van der Waals surface area contributed by atoms with Gasteiger partial charge in [-0.15, -0.1) is 11.3 Å². The number of nitrogens with one attached hydrogen (secondary N) is 1. The number of amides is 1. The third-order valence-electron chi connectivity index (χ3n) is 4.55. The Balaban J connectivity index is 2.05. The van der Waals surface area contributed by atoms with E-state index in [-0.39, 0.29) is 17.2 Å². The summed E-state index contributed by atoms with van der Waals surface area (Å²) in [5, 5.41) is 5.69. The maximum absolute atomic E-state index is 12.4. The molecule has 2 rings (SSSR count). The fourth-order valence-electron chi connectivity index (χ4n) is 2.78. The third-order valence-corrected chi connectivity index (χ3v) is 5.31. The molecule has 0 fully saturated rings. The maximum atomic E-state index is 12.4. The Labute approximate surface area is 155 Å². The molecule has 3 nitrogen and oxygen atoms in total. The Hall–Kier alpha value is -1.68. The van der Waals surface area contributed by atoms with E-state index in [0.29, 0.717) is 5.13 Å². The van der Waals surface area contributed by atoms with E-state index >= 15 is 0 Å². The van der Waals surface area contributed by atoms with Crippen LogP contribution < -0.4 is 5.32 Å². The van der Waals surface area contributed by atoms with Crippen LogP contribution in [0.2, 0.25) is 0 Å². The summed E-state index contributed by atoms with van der Waals surface area (Å²) in [6.45, 7) is 10.9. The molecule has 136 valence electrons. The lowest BCUT2D eigenvalue weighted by Gasteiger charge is -2.18. The summed E-state index contributed by atoms with van der Waals surface area (Å²) >= 11 is 1.49. The fraction of sp³-hybridized carbons (Fsp3) is 0.524. The van der Waals surface area contributed by atoms with Crippen LogP contribution >= 0.6 is 11.3 Å². The molecular weight excluding hydrogens is 328 g/mol. The van der Waals surface area contributed by atoms with E-state index in [1.54, 1.807) is 0 Å². The molecule has 1 unspecified atom stereocenters. The smallest absolute Gasteiger partial charge is 0.229 e. The van der Waals surface area contributed by atoms with Crippen LogP contribution in [0.3, 0.4) is 0 Å². The van der Waals surface area contributed by atoms with E-state index in [1.807, 2.05) is 5.38 Å². The van der Waals surface area contributed by atoms with Gasteiger partial charge in [-0.2, -0.15) is 0 Å². The zero-order valence-corrected chi connectivity index (χ0v) is 16.9. The quantitative estimate of drug-likeness (QED) is 0.634. The topological polar surface area (TPSA) is 42.0 Å². The van der Waals surface area contributed by atoms with Crippen molar-refractivity contribution in [1.82, 2.24) is 4.98 Å². The molecule has 0 spiro atoms. The lowest BCUT2D eigenvalue weighted by atomic mass is 9.86. The standard InChI is InChI=1S/C21H30N2OS/c1-6-8-9-15(7-2)19(24)23-20-22-18(14-25-20)16-10-12-17(13-11-16)21(3,4)5/h10-15H,6-9H2,1-5H3,(H,22,23,24). The summed E-state index contributed by atoms with van der Waals surface area (Å²) in [6.07, 6.45) is 4.04.